The van der Waals surface area contributed by atoms with Gasteiger partial charge in [-0.3, -0.25) is 9.59 Å². The standard InChI is InChI=1S/C14H21NO5S/c1-5-6-19-11(16)10-7-9(8-21-12(10)17)15-13(18)20-14(2,3)4/h5,9-10H,1,6-8H2,2-4H3,(H,15,18). The highest BCUT2D eigenvalue weighted by Crippen LogP contribution is 2.26. The molecule has 1 aliphatic rings. The van der Waals surface area contributed by atoms with Crippen LogP contribution in [0.15, 0.2) is 12.7 Å². The van der Waals surface area contributed by atoms with Gasteiger partial charge >= 0.3 is 12.1 Å². The maximum absolute atomic E-state index is 11.8. The van der Waals surface area contributed by atoms with Crippen LogP contribution in [0.1, 0.15) is 27.2 Å². The lowest BCUT2D eigenvalue weighted by Gasteiger charge is -2.28. The van der Waals surface area contributed by atoms with Gasteiger partial charge in [-0.1, -0.05) is 24.4 Å². The molecule has 6 nitrogen and oxygen atoms in total. The molecule has 0 aromatic rings. The van der Waals surface area contributed by atoms with Gasteiger partial charge in [0, 0.05) is 11.8 Å². The Labute approximate surface area is 128 Å². The predicted octanol–water partition coefficient (Wildman–Crippen LogP) is 1.89. The van der Waals surface area contributed by atoms with Gasteiger partial charge in [0.15, 0.2) is 0 Å². The lowest BCUT2D eigenvalue weighted by atomic mass is 10.0. The maximum Gasteiger partial charge on any atom is 0.407 e. The summed E-state index contributed by atoms with van der Waals surface area (Å²) < 4.78 is 10.1. The first-order valence-electron chi connectivity index (χ1n) is 6.66. The third kappa shape index (κ3) is 6.20. The third-order valence-corrected chi connectivity index (χ3v) is 3.72. The Morgan fingerprint density at radius 2 is 2.14 bits per heavy atom. The minimum Gasteiger partial charge on any atom is -0.461 e. The number of carbonyl (C=O) groups excluding carboxylic acids is 3. The number of rotatable bonds is 4. The lowest BCUT2D eigenvalue weighted by molar-refractivity contribution is -0.149. The number of carbonyl (C=O) groups is 3. The second kappa shape index (κ2) is 7.49. The van der Waals surface area contributed by atoms with Crippen molar-refractivity contribution in [1.82, 2.24) is 5.32 Å². The fourth-order valence-electron chi connectivity index (χ4n) is 1.74. The van der Waals surface area contributed by atoms with Crippen molar-refractivity contribution in [3.8, 4) is 0 Å². The van der Waals surface area contributed by atoms with Gasteiger partial charge in [-0.15, -0.1) is 0 Å². The highest BCUT2D eigenvalue weighted by atomic mass is 32.2. The van der Waals surface area contributed by atoms with E-state index >= 15 is 0 Å². The summed E-state index contributed by atoms with van der Waals surface area (Å²) in [6.07, 6.45) is 1.11. The summed E-state index contributed by atoms with van der Waals surface area (Å²) in [5.41, 5.74) is -0.593. The van der Waals surface area contributed by atoms with Crippen molar-refractivity contribution in [2.75, 3.05) is 12.4 Å². The summed E-state index contributed by atoms with van der Waals surface area (Å²) in [5.74, 6) is -1.02. The number of esters is 1. The molecule has 1 N–H and O–H groups in total. The number of thioether (sulfide) groups is 1. The molecule has 0 spiro atoms. The van der Waals surface area contributed by atoms with E-state index in [1.165, 1.54) is 6.08 Å². The Morgan fingerprint density at radius 3 is 2.71 bits per heavy atom. The first kappa shape index (κ1) is 17.6. The number of hydrogen-bond donors (Lipinski definition) is 1. The third-order valence-electron chi connectivity index (χ3n) is 2.58. The molecule has 21 heavy (non-hydrogen) atoms. The van der Waals surface area contributed by atoms with E-state index in [0.29, 0.717) is 5.75 Å². The van der Waals surface area contributed by atoms with Crippen LogP contribution in [0.5, 0.6) is 0 Å². The molecule has 0 aromatic heterocycles. The molecule has 118 valence electrons. The summed E-state index contributed by atoms with van der Waals surface area (Å²) in [6.45, 7) is 8.81. The number of hydrogen-bond acceptors (Lipinski definition) is 6. The molecular weight excluding hydrogens is 294 g/mol. The molecule has 2 unspecified atom stereocenters. The Morgan fingerprint density at radius 1 is 1.48 bits per heavy atom. The molecule has 2 atom stereocenters. The van der Waals surface area contributed by atoms with Crippen LogP contribution in [0.4, 0.5) is 4.79 Å². The molecule has 1 heterocycles. The quantitative estimate of drug-likeness (QED) is 0.485. The van der Waals surface area contributed by atoms with Gasteiger partial charge in [-0.2, -0.15) is 0 Å². The lowest BCUT2D eigenvalue weighted by Crippen LogP contribution is -2.45. The molecule has 0 aliphatic carbocycles. The second-order valence-electron chi connectivity index (χ2n) is 5.68. The molecule has 1 fully saturated rings. The van der Waals surface area contributed by atoms with E-state index in [2.05, 4.69) is 11.9 Å². The number of alkyl carbamates (subject to hydrolysis) is 1. The highest BCUT2D eigenvalue weighted by Gasteiger charge is 2.36. The van der Waals surface area contributed by atoms with Gasteiger partial charge in [-0.25, -0.2) is 4.79 Å². The van der Waals surface area contributed by atoms with Gasteiger partial charge in [-0.05, 0) is 27.2 Å². The van der Waals surface area contributed by atoms with Crippen LogP contribution >= 0.6 is 11.8 Å². The van der Waals surface area contributed by atoms with E-state index in [-0.39, 0.29) is 24.2 Å². The van der Waals surface area contributed by atoms with Crippen LogP contribution in [0.25, 0.3) is 0 Å². The Bertz CT molecular complexity index is 430. The van der Waals surface area contributed by atoms with Gasteiger partial charge in [0.25, 0.3) is 0 Å². The average Bonchev–Trinajstić information content (AvgIpc) is 2.36. The van der Waals surface area contributed by atoms with Crippen molar-refractivity contribution in [3.63, 3.8) is 0 Å². The fourth-order valence-corrected chi connectivity index (χ4v) is 2.72. The van der Waals surface area contributed by atoms with Crippen molar-refractivity contribution in [2.24, 2.45) is 5.92 Å². The number of amides is 1. The minimum atomic E-state index is -0.858. The SMILES string of the molecule is C=CCOC(=O)C1CC(NC(=O)OC(C)(C)C)CSC1=O. The molecule has 0 aromatic carbocycles. The summed E-state index contributed by atoms with van der Waals surface area (Å²) in [5, 5.41) is 2.44. The molecular formula is C14H21NO5S. The van der Waals surface area contributed by atoms with E-state index in [1.54, 1.807) is 20.8 Å². The number of nitrogens with one attached hydrogen (secondary N) is 1. The molecule has 0 saturated carbocycles. The zero-order valence-electron chi connectivity index (χ0n) is 12.5. The molecule has 1 amide bonds. The van der Waals surface area contributed by atoms with E-state index in [9.17, 15) is 14.4 Å². The van der Waals surface area contributed by atoms with Gasteiger partial charge in [0.1, 0.15) is 18.1 Å². The smallest absolute Gasteiger partial charge is 0.407 e. The normalized spacial score (nSPS) is 22.3. The molecule has 0 radical (unpaired) electrons. The van der Waals surface area contributed by atoms with Crippen molar-refractivity contribution < 1.29 is 23.9 Å². The monoisotopic (exact) mass is 315 g/mol. The zero-order chi connectivity index (χ0) is 16.0. The van der Waals surface area contributed by atoms with Crippen molar-refractivity contribution >= 4 is 28.9 Å². The fraction of sp³-hybridized carbons (Fsp3) is 0.643. The largest absolute Gasteiger partial charge is 0.461 e. The van der Waals surface area contributed by atoms with Crippen molar-refractivity contribution in [1.29, 1.82) is 0 Å². The zero-order valence-corrected chi connectivity index (χ0v) is 13.3. The van der Waals surface area contributed by atoms with Crippen LogP contribution in [-0.2, 0) is 19.1 Å². The van der Waals surface area contributed by atoms with Gasteiger partial charge in [0.2, 0.25) is 5.12 Å². The van der Waals surface area contributed by atoms with Crippen LogP contribution in [0, 0.1) is 5.92 Å². The van der Waals surface area contributed by atoms with E-state index < -0.39 is 23.6 Å². The second-order valence-corrected chi connectivity index (χ2v) is 6.70. The summed E-state index contributed by atoms with van der Waals surface area (Å²) in [4.78, 5) is 35.2. The predicted molar refractivity (Wildman–Crippen MR) is 79.9 cm³/mol. The Balaban J connectivity index is 2.55. The summed E-state index contributed by atoms with van der Waals surface area (Å²) >= 11 is 1.02. The molecule has 1 saturated heterocycles. The molecule has 1 rings (SSSR count). The van der Waals surface area contributed by atoms with Crippen LogP contribution in [0.3, 0.4) is 0 Å². The van der Waals surface area contributed by atoms with Gasteiger partial charge < -0.3 is 14.8 Å². The van der Waals surface area contributed by atoms with E-state index in [1.807, 2.05) is 0 Å². The van der Waals surface area contributed by atoms with Crippen molar-refractivity contribution in [2.45, 2.75) is 38.8 Å². The van der Waals surface area contributed by atoms with Crippen LogP contribution in [-0.4, -0.2) is 41.2 Å². The van der Waals surface area contributed by atoms with Crippen LogP contribution in [0.2, 0.25) is 0 Å². The minimum absolute atomic E-state index is 0.0669. The summed E-state index contributed by atoms with van der Waals surface area (Å²) in [7, 11) is 0. The first-order valence-corrected chi connectivity index (χ1v) is 7.65. The first-order chi connectivity index (χ1) is 9.73. The van der Waals surface area contributed by atoms with Gasteiger partial charge in [0.05, 0.1) is 0 Å². The van der Waals surface area contributed by atoms with Crippen molar-refractivity contribution in [3.05, 3.63) is 12.7 Å². The van der Waals surface area contributed by atoms with E-state index in [4.69, 9.17) is 9.47 Å². The summed E-state index contributed by atoms with van der Waals surface area (Å²) in [6, 6.07) is -0.302. The molecule has 7 heteroatoms. The topological polar surface area (TPSA) is 81.7 Å². The average molecular weight is 315 g/mol. The Hall–Kier alpha value is -1.50. The highest BCUT2D eigenvalue weighted by molar-refractivity contribution is 8.13. The molecule has 1 aliphatic heterocycles. The number of ether oxygens (including phenoxy) is 2. The maximum atomic E-state index is 11.8. The molecule has 0 bridgehead atoms. The van der Waals surface area contributed by atoms with E-state index in [0.717, 1.165) is 11.8 Å². The van der Waals surface area contributed by atoms with Crippen LogP contribution < -0.4 is 5.32 Å². The Kier molecular flexibility index (Phi) is 6.26.